The van der Waals surface area contributed by atoms with E-state index in [1.165, 1.54) is 13.2 Å². The van der Waals surface area contributed by atoms with Crippen LogP contribution < -0.4 is 10.1 Å². The fourth-order valence-corrected chi connectivity index (χ4v) is 3.43. The van der Waals surface area contributed by atoms with E-state index in [-0.39, 0.29) is 11.4 Å². The molecule has 1 fully saturated rings. The van der Waals surface area contributed by atoms with E-state index in [0.29, 0.717) is 16.5 Å². The number of carbonyl (C=O) groups is 3. The Morgan fingerprint density at radius 3 is 2.70 bits per heavy atom. The standard InChI is InChI=1S/C18H14ClN3O4S/c1-26-14-3-2-12(9-13(14)19)21-16(23)10-22-17(24)15(27-18(22)25)8-11-4-6-20-7-5-11/h2-9H,10H2,1H3,(H,21,23). The Labute approximate surface area is 164 Å². The van der Waals surface area contributed by atoms with Crippen LogP contribution in [0.1, 0.15) is 5.56 Å². The van der Waals surface area contributed by atoms with E-state index in [0.717, 1.165) is 22.2 Å². The van der Waals surface area contributed by atoms with Gasteiger partial charge in [-0.3, -0.25) is 24.3 Å². The van der Waals surface area contributed by atoms with Gasteiger partial charge in [0.05, 0.1) is 17.0 Å². The molecule has 1 aromatic heterocycles. The number of anilines is 1. The van der Waals surface area contributed by atoms with Gasteiger partial charge in [-0.1, -0.05) is 11.6 Å². The fraction of sp³-hybridized carbons (Fsp3) is 0.111. The lowest BCUT2D eigenvalue weighted by molar-refractivity contribution is -0.127. The van der Waals surface area contributed by atoms with Gasteiger partial charge in [0, 0.05) is 18.1 Å². The number of ether oxygens (including phenoxy) is 1. The van der Waals surface area contributed by atoms with Crippen molar-refractivity contribution in [2.75, 3.05) is 19.0 Å². The zero-order chi connectivity index (χ0) is 19.4. The minimum Gasteiger partial charge on any atom is -0.495 e. The van der Waals surface area contributed by atoms with Crippen molar-refractivity contribution in [1.82, 2.24) is 9.88 Å². The summed E-state index contributed by atoms with van der Waals surface area (Å²) in [5, 5.41) is 2.44. The molecule has 1 aromatic carbocycles. The van der Waals surface area contributed by atoms with Gasteiger partial charge < -0.3 is 10.1 Å². The summed E-state index contributed by atoms with van der Waals surface area (Å²) in [7, 11) is 1.48. The van der Waals surface area contributed by atoms with E-state index in [1.807, 2.05) is 0 Å². The zero-order valence-electron chi connectivity index (χ0n) is 14.1. The molecule has 2 aromatic rings. The summed E-state index contributed by atoms with van der Waals surface area (Å²) in [4.78, 5) is 41.8. The molecule has 3 rings (SSSR count). The van der Waals surface area contributed by atoms with Crippen LogP contribution in [0.4, 0.5) is 10.5 Å². The number of hydrogen-bond acceptors (Lipinski definition) is 6. The van der Waals surface area contributed by atoms with Crippen molar-refractivity contribution in [1.29, 1.82) is 0 Å². The summed E-state index contributed by atoms with van der Waals surface area (Å²) in [5.74, 6) is -0.546. The first kappa shape index (κ1) is 18.9. The Balaban J connectivity index is 1.67. The summed E-state index contributed by atoms with van der Waals surface area (Å²) in [6.07, 6.45) is 4.76. The molecule has 2 heterocycles. The van der Waals surface area contributed by atoms with Crippen LogP contribution in [0.2, 0.25) is 5.02 Å². The van der Waals surface area contributed by atoms with E-state index in [9.17, 15) is 14.4 Å². The highest BCUT2D eigenvalue weighted by Crippen LogP contribution is 2.32. The van der Waals surface area contributed by atoms with E-state index in [4.69, 9.17) is 16.3 Å². The molecule has 0 bridgehead atoms. The molecule has 0 radical (unpaired) electrons. The Morgan fingerprint density at radius 2 is 2.04 bits per heavy atom. The van der Waals surface area contributed by atoms with E-state index >= 15 is 0 Å². The number of halogens is 1. The number of amides is 3. The maximum Gasteiger partial charge on any atom is 0.294 e. The van der Waals surface area contributed by atoms with Crippen molar-refractivity contribution < 1.29 is 19.1 Å². The smallest absolute Gasteiger partial charge is 0.294 e. The average molecular weight is 404 g/mol. The topological polar surface area (TPSA) is 88.6 Å². The molecule has 138 valence electrons. The molecular weight excluding hydrogens is 390 g/mol. The van der Waals surface area contributed by atoms with Crippen LogP contribution in [0.5, 0.6) is 5.75 Å². The first-order valence-electron chi connectivity index (χ1n) is 7.76. The minimum atomic E-state index is -0.510. The largest absolute Gasteiger partial charge is 0.495 e. The van der Waals surface area contributed by atoms with Gasteiger partial charge in [-0.15, -0.1) is 0 Å². The van der Waals surface area contributed by atoms with Crippen molar-refractivity contribution in [3.8, 4) is 5.75 Å². The monoisotopic (exact) mass is 403 g/mol. The van der Waals surface area contributed by atoms with Crippen LogP contribution in [0.15, 0.2) is 47.6 Å². The number of imide groups is 1. The number of thioether (sulfide) groups is 1. The molecule has 27 heavy (non-hydrogen) atoms. The maximum absolute atomic E-state index is 12.4. The number of hydrogen-bond donors (Lipinski definition) is 1. The number of pyridine rings is 1. The molecule has 0 spiro atoms. The number of methoxy groups -OCH3 is 1. The highest BCUT2D eigenvalue weighted by Gasteiger charge is 2.36. The van der Waals surface area contributed by atoms with Crippen molar-refractivity contribution in [3.05, 3.63) is 58.2 Å². The Kier molecular flexibility index (Phi) is 5.78. The van der Waals surface area contributed by atoms with Crippen molar-refractivity contribution >= 4 is 52.2 Å². The van der Waals surface area contributed by atoms with Crippen molar-refractivity contribution in [2.45, 2.75) is 0 Å². The summed E-state index contributed by atoms with van der Waals surface area (Å²) in [6, 6.07) is 8.17. The molecular formula is C18H14ClN3O4S. The highest BCUT2D eigenvalue weighted by atomic mass is 35.5. The number of rotatable bonds is 5. The first-order chi connectivity index (χ1) is 13.0. The van der Waals surface area contributed by atoms with Gasteiger partial charge in [-0.05, 0) is 53.7 Å². The van der Waals surface area contributed by atoms with Crippen molar-refractivity contribution in [3.63, 3.8) is 0 Å². The van der Waals surface area contributed by atoms with Gasteiger partial charge in [-0.25, -0.2) is 0 Å². The third kappa shape index (κ3) is 4.47. The molecule has 3 amide bonds. The van der Waals surface area contributed by atoms with Crippen LogP contribution in [0.25, 0.3) is 6.08 Å². The number of nitrogens with one attached hydrogen (secondary N) is 1. The maximum atomic E-state index is 12.4. The predicted molar refractivity (Wildman–Crippen MR) is 104 cm³/mol. The van der Waals surface area contributed by atoms with Crippen LogP contribution in [0.3, 0.4) is 0 Å². The van der Waals surface area contributed by atoms with E-state index in [1.54, 1.807) is 42.7 Å². The molecule has 0 aliphatic carbocycles. The van der Waals surface area contributed by atoms with Gasteiger partial charge >= 0.3 is 0 Å². The van der Waals surface area contributed by atoms with Gasteiger partial charge in [0.25, 0.3) is 11.1 Å². The van der Waals surface area contributed by atoms with E-state index in [2.05, 4.69) is 10.3 Å². The molecule has 1 aliphatic rings. The second-order valence-corrected chi connectivity index (χ2v) is 6.85. The molecule has 9 heteroatoms. The van der Waals surface area contributed by atoms with Crippen LogP contribution >= 0.6 is 23.4 Å². The highest BCUT2D eigenvalue weighted by molar-refractivity contribution is 8.18. The predicted octanol–water partition coefficient (Wildman–Crippen LogP) is 3.42. The Hall–Kier alpha value is -2.84. The number of nitrogens with zero attached hydrogens (tertiary/aromatic N) is 2. The number of carbonyl (C=O) groups excluding carboxylic acids is 3. The molecule has 1 aliphatic heterocycles. The summed E-state index contributed by atoms with van der Waals surface area (Å²) in [5.41, 5.74) is 1.18. The average Bonchev–Trinajstić information content (AvgIpc) is 2.90. The lowest BCUT2D eigenvalue weighted by atomic mass is 10.2. The summed E-state index contributed by atoms with van der Waals surface area (Å²) >= 11 is 6.81. The van der Waals surface area contributed by atoms with Gasteiger partial charge in [-0.2, -0.15) is 0 Å². The quantitative estimate of drug-likeness (QED) is 0.769. The minimum absolute atomic E-state index is 0.256. The van der Waals surface area contributed by atoms with Crippen LogP contribution in [0, 0.1) is 0 Å². The molecule has 1 N–H and O–H groups in total. The third-order valence-electron chi connectivity index (χ3n) is 3.61. The van der Waals surface area contributed by atoms with E-state index < -0.39 is 17.1 Å². The number of aromatic nitrogens is 1. The van der Waals surface area contributed by atoms with Gasteiger partial charge in [0.1, 0.15) is 12.3 Å². The first-order valence-corrected chi connectivity index (χ1v) is 8.96. The molecule has 0 atom stereocenters. The van der Waals surface area contributed by atoms with Crippen molar-refractivity contribution in [2.24, 2.45) is 0 Å². The summed E-state index contributed by atoms with van der Waals surface area (Å²) in [6.45, 7) is -0.387. The fourth-order valence-electron chi connectivity index (χ4n) is 2.34. The Morgan fingerprint density at radius 1 is 1.30 bits per heavy atom. The SMILES string of the molecule is COc1ccc(NC(=O)CN2C(=O)SC(=Cc3ccncc3)C2=O)cc1Cl. The lowest BCUT2D eigenvalue weighted by Gasteiger charge is -2.13. The normalized spacial score (nSPS) is 15.3. The zero-order valence-corrected chi connectivity index (χ0v) is 15.7. The van der Waals surface area contributed by atoms with Gasteiger partial charge in [0.2, 0.25) is 5.91 Å². The van der Waals surface area contributed by atoms with Gasteiger partial charge in [0.15, 0.2) is 0 Å². The summed E-state index contributed by atoms with van der Waals surface area (Å²) < 4.78 is 5.05. The molecule has 1 saturated heterocycles. The molecule has 0 saturated carbocycles. The van der Waals surface area contributed by atoms with Crippen LogP contribution in [-0.2, 0) is 9.59 Å². The lowest BCUT2D eigenvalue weighted by Crippen LogP contribution is -2.36. The molecule has 7 nitrogen and oxygen atoms in total. The second kappa shape index (κ2) is 8.24. The Bertz CT molecular complexity index is 933. The van der Waals surface area contributed by atoms with Crippen LogP contribution in [-0.4, -0.2) is 40.6 Å². The number of benzene rings is 1. The molecule has 0 unspecified atom stereocenters. The second-order valence-electron chi connectivity index (χ2n) is 5.45. The third-order valence-corrected chi connectivity index (χ3v) is 4.82.